The Morgan fingerprint density at radius 3 is 2.59 bits per heavy atom. The first-order valence-electron chi connectivity index (χ1n) is 8.57. The fraction of sp³-hybridized carbons (Fsp3) is 0.0455. The third-order valence-electron chi connectivity index (χ3n) is 4.33. The molecular weight excluding hydrogens is 338 g/mol. The lowest BCUT2D eigenvalue weighted by Crippen LogP contribution is -2.18. The number of hydrogen-bond acceptors (Lipinski definition) is 4. The lowest BCUT2D eigenvalue weighted by molar-refractivity contribution is 0.0954. The number of nitrogens with zero attached hydrogens (tertiary/aromatic N) is 2. The van der Waals surface area contributed by atoms with E-state index < -0.39 is 0 Å². The maximum Gasteiger partial charge on any atom is 0.277 e. The summed E-state index contributed by atoms with van der Waals surface area (Å²) < 4.78 is 5.23. The molecule has 0 unspecified atom stereocenters. The molecule has 0 aliphatic heterocycles. The van der Waals surface area contributed by atoms with Gasteiger partial charge in [0.25, 0.3) is 5.91 Å². The summed E-state index contributed by atoms with van der Waals surface area (Å²) in [6.45, 7) is 1.71. The Kier molecular flexibility index (Phi) is 4.49. The van der Waals surface area contributed by atoms with Crippen molar-refractivity contribution in [2.24, 2.45) is 5.10 Å². The van der Waals surface area contributed by atoms with Crippen molar-refractivity contribution in [2.45, 2.75) is 6.92 Å². The number of aromatic nitrogens is 1. The van der Waals surface area contributed by atoms with E-state index in [1.807, 2.05) is 72.8 Å². The monoisotopic (exact) mass is 355 g/mol. The molecule has 5 heteroatoms. The van der Waals surface area contributed by atoms with Crippen molar-refractivity contribution >= 4 is 22.9 Å². The molecule has 1 amide bonds. The first-order chi connectivity index (χ1) is 13.2. The summed E-state index contributed by atoms with van der Waals surface area (Å²) >= 11 is 0. The summed E-state index contributed by atoms with van der Waals surface area (Å²) in [5.74, 6) is 0.0933. The Morgan fingerprint density at radius 2 is 1.74 bits per heavy atom. The Balaban J connectivity index is 1.59. The highest BCUT2D eigenvalue weighted by Crippen LogP contribution is 2.25. The van der Waals surface area contributed by atoms with Crippen LogP contribution in [0, 0.1) is 6.92 Å². The standard InChI is InChI=1S/C22H17N3O2/c1-15-20(21(25-27-15)17-9-3-2-4-10-17)22(26)24-23-14-18-12-7-11-16-8-5-6-13-19(16)18/h2-14H,1H3,(H,24,26)/b23-14-. The molecule has 1 aromatic heterocycles. The normalized spacial score (nSPS) is 11.1. The number of carbonyl (C=O) groups excluding carboxylic acids is 1. The number of hydrazone groups is 1. The molecular formula is C22H17N3O2. The van der Waals surface area contributed by atoms with Gasteiger partial charge in [0.15, 0.2) is 0 Å². The second-order valence-electron chi connectivity index (χ2n) is 6.10. The highest BCUT2D eigenvalue weighted by molar-refractivity contribution is 6.02. The second-order valence-corrected chi connectivity index (χ2v) is 6.10. The van der Waals surface area contributed by atoms with Crippen molar-refractivity contribution in [3.8, 4) is 11.3 Å². The van der Waals surface area contributed by atoms with Crippen LogP contribution in [0.2, 0.25) is 0 Å². The van der Waals surface area contributed by atoms with Crippen LogP contribution in [0.25, 0.3) is 22.0 Å². The number of amides is 1. The zero-order chi connectivity index (χ0) is 18.6. The Labute approximate surface area is 156 Å². The molecule has 0 aliphatic rings. The average Bonchev–Trinajstić information content (AvgIpc) is 3.10. The second kappa shape index (κ2) is 7.25. The zero-order valence-corrected chi connectivity index (χ0v) is 14.7. The lowest BCUT2D eigenvalue weighted by Gasteiger charge is -2.03. The van der Waals surface area contributed by atoms with E-state index in [9.17, 15) is 4.79 Å². The summed E-state index contributed by atoms with van der Waals surface area (Å²) in [4.78, 5) is 12.6. The van der Waals surface area contributed by atoms with E-state index >= 15 is 0 Å². The minimum atomic E-state index is -0.357. The fourth-order valence-electron chi connectivity index (χ4n) is 3.01. The maximum absolute atomic E-state index is 12.6. The molecule has 3 aromatic carbocycles. The Hall–Kier alpha value is -3.73. The summed E-state index contributed by atoms with van der Waals surface area (Å²) in [6.07, 6.45) is 1.64. The van der Waals surface area contributed by atoms with Crippen molar-refractivity contribution in [3.05, 3.63) is 89.7 Å². The van der Waals surface area contributed by atoms with Gasteiger partial charge in [-0.1, -0.05) is 78.0 Å². The van der Waals surface area contributed by atoms with E-state index in [1.165, 1.54) is 0 Å². The highest BCUT2D eigenvalue weighted by Gasteiger charge is 2.21. The maximum atomic E-state index is 12.6. The first-order valence-corrected chi connectivity index (χ1v) is 8.57. The molecule has 0 fully saturated rings. The van der Waals surface area contributed by atoms with E-state index in [2.05, 4.69) is 15.7 Å². The molecule has 4 aromatic rings. The molecule has 1 N–H and O–H groups in total. The number of hydrogen-bond donors (Lipinski definition) is 1. The Bertz CT molecular complexity index is 1130. The van der Waals surface area contributed by atoms with Crippen LogP contribution in [0.5, 0.6) is 0 Å². The molecule has 0 radical (unpaired) electrons. The summed E-state index contributed by atoms with van der Waals surface area (Å²) in [5, 5.41) is 10.3. The van der Waals surface area contributed by atoms with E-state index in [4.69, 9.17) is 4.52 Å². The lowest BCUT2D eigenvalue weighted by atomic mass is 10.1. The highest BCUT2D eigenvalue weighted by atomic mass is 16.5. The third kappa shape index (κ3) is 3.35. The third-order valence-corrected chi connectivity index (χ3v) is 4.33. The van der Waals surface area contributed by atoms with Crippen LogP contribution < -0.4 is 5.43 Å². The molecule has 1 heterocycles. The smallest absolute Gasteiger partial charge is 0.277 e. The van der Waals surface area contributed by atoms with Crippen LogP contribution in [-0.2, 0) is 0 Å². The largest absolute Gasteiger partial charge is 0.360 e. The summed E-state index contributed by atoms with van der Waals surface area (Å²) in [7, 11) is 0. The van der Waals surface area contributed by atoms with Gasteiger partial charge in [0.05, 0.1) is 6.21 Å². The predicted molar refractivity (Wildman–Crippen MR) is 106 cm³/mol. The molecule has 5 nitrogen and oxygen atoms in total. The fourth-order valence-corrected chi connectivity index (χ4v) is 3.01. The Morgan fingerprint density at radius 1 is 1.00 bits per heavy atom. The molecule has 0 spiro atoms. The van der Waals surface area contributed by atoms with Crippen LogP contribution in [0.1, 0.15) is 21.7 Å². The first kappa shape index (κ1) is 16.7. The van der Waals surface area contributed by atoms with Crippen LogP contribution in [-0.4, -0.2) is 17.3 Å². The summed E-state index contributed by atoms with van der Waals surface area (Å²) in [5.41, 5.74) is 5.22. The zero-order valence-electron chi connectivity index (χ0n) is 14.7. The number of carbonyl (C=O) groups is 1. The van der Waals surface area contributed by atoms with Crippen molar-refractivity contribution in [1.82, 2.24) is 10.6 Å². The van der Waals surface area contributed by atoms with Gasteiger partial charge in [-0.15, -0.1) is 0 Å². The van der Waals surface area contributed by atoms with Crippen LogP contribution in [0.15, 0.2) is 82.4 Å². The quantitative estimate of drug-likeness (QED) is 0.431. The van der Waals surface area contributed by atoms with Crippen molar-refractivity contribution in [1.29, 1.82) is 0 Å². The number of fused-ring (bicyclic) bond motifs is 1. The van der Waals surface area contributed by atoms with Crippen molar-refractivity contribution < 1.29 is 9.32 Å². The van der Waals surface area contributed by atoms with Gasteiger partial charge >= 0.3 is 0 Å². The summed E-state index contributed by atoms with van der Waals surface area (Å²) in [6, 6.07) is 23.4. The van der Waals surface area contributed by atoms with Gasteiger partial charge < -0.3 is 4.52 Å². The minimum absolute atomic E-state index is 0.357. The topological polar surface area (TPSA) is 67.5 Å². The molecule has 0 saturated heterocycles. The molecule has 0 aliphatic carbocycles. The predicted octanol–water partition coefficient (Wildman–Crippen LogP) is 4.57. The van der Waals surface area contributed by atoms with E-state index in [1.54, 1.807) is 13.1 Å². The van der Waals surface area contributed by atoms with Gasteiger partial charge in [-0.25, -0.2) is 5.43 Å². The van der Waals surface area contributed by atoms with Crippen molar-refractivity contribution in [2.75, 3.05) is 0 Å². The van der Waals surface area contributed by atoms with Gasteiger partial charge in [0.2, 0.25) is 0 Å². The van der Waals surface area contributed by atoms with Crippen LogP contribution >= 0.6 is 0 Å². The van der Waals surface area contributed by atoms with Gasteiger partial charge in [-0.3, -0.25) is 4.79 Å². The molecule has 27 heavy (non-hydrogen) atoms. The average molecular weight is 355 g/mol. The molecule has 0 saturated carbocycles. The van der Waals surface area contributed by atoms with Gasteiger partial charge in [-0.05, 0) is 17.7 Å². The van der Waals surface area contributed by atoms with E-state index in [0.29, 0.717) is 17.0 Å². The van der Waals surface area contributed by atoms with E-state index in [-0.39, 0.29) is 5.91 Å². The van der Waals surface area contributed by atoms with E-state index in [0.717, 1.165) is 21.9 Å². The molecule has 4 rings (SSSR count). The molecule has 0 atom stereocenters. The van der Waals surface area contributed by atoms with Crippen LogP contribution in [0.4, 0.5) is 0 Å². The van der Waals surface area contributed by atoms with Crippen LogP contribution in [0.3, 0.4) is 0 Å². The molecule has 132 valence electrons. The number of nitrogens with one attached hydrogen (secondary N) is 1. The van der Waals surface area contributed by atoms with Gasteiger partial charge in [0, 0.05) is 11.1 Å². The van der Waals surface area contributed by atoms with Gasteiger partial charge in [-0.2, -0.15) is 5.10 Å². The SMILES string of the molecule is Cc1onc(-c2ccccc2)c1C(=O)N/N=C\c1cccc2ccccc12. The number of aryl methyl sites for hydroxylation is 1. The number of rotatable bonds is 4. The molecule has 0 bridgehead atoms. The number of benzene rings is 3. The minimum Gasteiger partial charge on any atom is -0.360 e. The van der Waals surface area contributed by atoms with Crippen molar-refractivity contribution in [3.63, 3.8) is 0 Å². The van der Waals surface area contributed by atoms with Gasteiger partial charge in [0.1, 0.15) is 17.0 Å².